The Hall–Kier alpha value is -2.25. The lowest BCUT2D eigenvalue weighted by Crippen LogP contribution is -2.25. The standard InChI is InChI=1S/C18H21ClN2O4S/c1-12(2)25-15-8-5-13(6-9-15)20-18(22)16-11-14(7-10-17(16)19)21(3)26(4,23)24/h5-12H,1-4H3,(H,20,22). The van der Waals surface area contributed by atoms with Crippen molar-refractivity contribution in [3.63, 3.8) is 0 Å². The van der Waals surface area contributed by atoms with E-state index in [1.54, 1.807) is 24.3 Å². The Morgan fingerprint density at radius 1 is 1.15 bits per heavy atom. The number of halogens is 1. The quantitative estimate of drug-likeness (QED) is 0.806. The molecule has 140 valence electrons. The number of anilines is 2. The highest BCUT2D eigenvalue weighted by Gasteiger charge is 2.17. The van der Waals surface area contributed by atoms with E-state index in [9.17, 15) is 13.2 Å². The number of amides is 1. The maximum atomic E-state index is 12.5. The molecule has 26 heavy (non-hydrogen) atoms. The molecule has 0 bridgehead atoms. The van der Waals surface area contributed by atoms with E-state index in [1.807, 2.05) is 13.8 Å². The number of nitrogens with zero attached hydrogens (tertiary/aromatic N) is 1. The normalized spacial score (nSPS) is 11.3. The molecule has 8 heteroatoms. The number of rotatable bonds is 6. The minimum atomic E-state index is -3.44. The van der Waals surface area contributed by atoms with Crippen molar-refractivity contribution in [2.45, 2.75) is 20.0 Å². The summed E-state index contributed by atoms with van der Waals surface area (Å²) in [5.74, 6) is 0.268. The van der Waals surface area contributed by atoms with Crippen LogP contribution in [0.25, 0.3) is 0 Å². The molecule has 0 saturated heterocycles. The Morgan fingerprint density at radius 2 is 1.77 bits per heavy atom. The monoisotopic (exact) mass is 396 g/mol. The molecule has 0 aromatic heterocycles. The molecular formula is C18H21ClN2O4S. The number of hydrogen-bond donors (Lipinski definition) is 1. The number of sulfonamides is 1. The first-order valence-electron chi connectivity index (χ1n) is 7.89. The van der Waals surface area contributed by atoms with E-state index < -0.39 is 15.9 Å². The minimum absolute atomic E-state index is 0.0591. The van der Waals surface area contributed by atoms with Gasteiger partial charge in [-0.05, 0) is 56.3 Å². The predicted molar refractivity (Wildman–Crippen MR) is 105 cm³/mol. The first kappa shape index (κ1) is 20.1. The summed E-state index contributed by atoms with van der Waals surface area (Å²) in [5, 5.41) is 2.97. The predicted octanol–water partition coefficient (Wildman–Crippen LogP) is 3.78. The van der Waals surface area contributed by atoms with Crippen LogP contribution in [0.1, 0.15) is 24.2 Å². The van der Waals surface area contributed by atoms with Gasteiger partial charge in [0.05, 0.1) is 28.6 Å². The summed E-state index contributed by atoms with van der Waals surface area (Å²) in [4.78, 5) is 12.5. The second-order valence-corrected chi connectivity index (χ2v) is 8.46. The van der Waals surface area contributed by atoms with Gasteiger partial charge in [0.1, 0.15) is 5.75 Å². The zero-order valence-electron chi connectivity index (χ0n) is 15.0. The molecule has 1 N–H and O–H groups in total. The van der Waals surface area contributed by atoms with E-state index in [-0.39, 0.29) is 16.7 Å². The van der Waals surface area contributed by atoms with Gasteiger partial charge in [0, 0.05) is 12.7 Å². The van der Waals surface area contributed by atoms with Crippen molar-refractivity contribution >= 4 is 38.9 Å². The Morgan fingerprint density at radius 3 is 2.31 bits per heavy atom. The zero-order valence-corrected chi connectivity index (χ0v) is 16.6. The van der Waals surface area contributed by atoms with Crippen molar-refractivity contribution in [1.29, 1.82) is 0 Å². The zero-order chi connectivity index (χ0) is 19.5. The lowest BCUT2D eigenvalue weighted by molar-refractivity contribution is 0.102. The Bertz CT molecular complexity index is 896. The molecule has 2 rings (SSSR count). The third kappa shape index (κ3) is 5.12. The van der Waals surface area contributed by atoms with Crippen molar-refractivity contribution in [3.8, 4) is 5.75 Å². The van der Waals surface area contributed by atoms with Gasteiger partial charge in [-0.25, -0.2) is 8.42 Å². The Kier molecular flexibility index (Phi) is 6.15. The van der Waals surface area contributed by atoms with Gasteiger partial charge in [-0.1, -0.05) is 11.6 Å². The maximum Gasteiger partial charge on any atom is 0.257 e. The number of hydrogen-bond acceptors (Lipinski definition) is 4. The van der Waals surface area contributed by atoms with Crippen LogP contribution in [0.5, 0.6) is 5.75 Å². The second kappa shape index (κ2) is 7.97. The molecule has 0 aliphatic heterocycles. The highest BCUT2D eigenvalue weighted by Crippen LogP contribution is 2.25. The first-order valence-corrected chi connectivity index (χ1v) is 10.1. The van der Waals surface area contributed by atoms with Gasteiger partial charge in [-0.2, -0.15) is 0 Å². The molecule has 0 heterocycles. The first-order chi connectivity index (χ1) is 12.1. The molecule has 2 aromatic carbocycles. The molecule has 0 aliphatic rings. The van der Waals surface area contributed by atoms with Gasteiger partial charge in [0.15, 0.2) is 0 Å². The minimum Gasteiger partial charge on any atom is -0.491 e. The summed E-state index contributed by atoms with van der Waals surface area (Å²) in [6.07, 6.45) is 1.14. The van der Waals surface area contributed by atoms with Crippen molar-refractivity contribution in [2.24, 2.45) is 0 Å². The van der Waals surface area contributed by atoms with E-state index in [0.29, 0.717) is 17.1 Å². The lowest BCUT2D eigenvalue weighted by atomic mass is 10.1. The second-order valence-electron chi connectivity index (χ2n) is 6.04. The highest BCUT2D eigenvalue weighted by atomic mass is 35.5. The summed E-state index contributed by atoms with van der Waals surface area (Å²) >= 11 is 6.11. The number of ether oxygens (including phenoxy) is 1. The summed E-state index contributed by atoms with van der Waals surface area (Å²) in [6.45, 7) is 3.86. The SMILES string of the molecule is CC(C)Oc1ccc(NC(=O)c2cc(N(C)S(C)(=O)=O)ccc2Cl)cc1. The molecule has 2 aromatic rings. The largest absolute Gasteiger partial charge is 0.491 e. The molecule has 0 radical (unpaired) electrons. The van der Waals surface area contributed by atoms with Gasteiger partial charge in [-0.15, -0.1) is 0 Å². The van der Waals surface area contributed by atoms with E-state index in [0.717, 1.165) is 10.6 Å². The third-order valence-electron chi connectivity index (χ3n) is 3.54. The fourth-order valence-electron chi connectivity index (χ4n) is 2.16. The fourth-order valence-corrected chi connectivity index (χ4v) is 2.86. The average molecular weight is 397 g/mol. The summed E-state index contributed by atoms with van der Waals surface area (Å²) in [6, 6.07) is 11.4. The van der Waals surface area contributed by atoms with Crippen LogP contribution in [-0.2, 0) is 10.0 Å². The van der Waals surface area contributed by atoms with Crippen LogP contribution >= 0.6 is 11.6 Å². The molecule has 1 amide bonds. The smallest absolute Gasteiger partial charge is 0.257 e. The van der Waals surface area contributed by atoms with E-state index in [1.165, 1.54) is 25.2 Å². The highest BCUT2D eigenvalue weighted by molar-refractivity contribution is 7.92. The summed E-state index contributed by atoms with van der Waals surface area (Å²) < 4.78 is 30.0. The number of carbonyl (C=O) groups is 1. The average Bonchev–Trinajstić information content (AvgIpc) is 2.55. The molecule has 0 unspecified atom stereocenters. The number of benzene rings is 2. The van der Waals surface area contributed by atoms with Gasteiger partial charge in [0.25, 0.3) is 5.91 Å². The molecular weight excluding hydrogens is 376 g/mol. The van der Waals surface area contributed by atoms with Crippen LogP contribution in [0.3, 0.4) is 0 Å². The molecule has 6 nitrogen and oxygen atoms in total. The molecule has 0 aliphatic carbocycles. The lowest BCUT2D eigenvalue weighted by Gasteiger charge is -2.18. The van der Waals surface area contributed by atoms with Crippen molar-refractivity contribution in [3.05, 3.63) is 53.1 Å². The number of nitrogens with one attached hydrogen (secondary N) is 1. The number of carbonyl (C=O) groups excluding carboxylic acids is 1. The molecule has 0 spiro atoms. The van der Waals surface area contributed by atoms with E-state index >= 15 is 0 Å². The fraction of sp³-hybridized carbons (Fsp3) is 0.278. The summed E-state index contributed by atoms with van der Waals surface area (Å²) in [7, 11) is -2.03. The Balaban J connectivity index is 2.21. The van der Waals surface area contributed by atoms with Gasteiger partial charge < -0.3 is 10.1 Å². The maximum absolute atomic E-state index is 12.5. The van der Waals surface area contributed by atoms with Crippen LogP contribution < -0.4 is 14.4 Å². The third-order valence-corrected chi connectivity index (χ3v) is 5.07. The van der Waals surface area contributed by atoms with Gasteiger partial charge in [-0.3, -0.25) is 9.10 Å². The van der Waals surface area contributed by atoms with E-state index in [2.05, 4.69) is 5.32 Å². The van der Waals surface area contributed by atoms with Gasteiger partial charge in [0.2, 0.25) is 10.0 Å². The van der Waals surface area contributed by atoms with Crippen molar-refractivity contribution < 1.29 is 17.9 Å². The van der Waals surface area contributed by atoms with Crippen LogP contribution in [0, 0.1) is 0 Å². The van der Waals surface area contributed by atoms with E-state index in [4.69, 9.17) is 16.3 Å². The van der Waals surface area contributed by atoms with Crippen LogP contribution in [0.2, 0.25) is 5.02 Å². The Labute approximate surface area is 158 Å². The molecule has 0 atom stereocenters. The van der Waals surface area contributed by atoms with Crippen LogP contribution in [-0.4, -0.2) is 33.7 Å². The van der Waals surface area contributed by atoms with Crippen LogP contribution in [0.15, 0.2) is 42.5 Å². The van der Waals surface area contributed by atoms with Gasteiger partial charge >= 0.3 is 0 Å². The van der Waals surface area contributed by atoms with Crippen LogP contribution in [0.4, 0.5) is 11.4 Å². The molecule has 0 saturated carbocycles. The summed E-state index contributed by atoms with van der Waals surface area (Å²) in [5.41, 5.74) is 1.11. The topological polar surface area (TPSA) is 75.7 Å². The van der Waals surface area contributed by atoms with Crippen molar-refractivity contribution in [2.75, 3.05) is 22.9 Å². The van der Waals surface area contributed by atoms with Crippen molar-refractivity contribution in [1.82, 2.24) is 0 Å². The molecule has 0 fully saturated rings.